The normalized spacial score (nSPS) is 23.2. The average Bonchev–Trinajstić information content (AvgIpc) is 3.38. The van der Waals surface area contributed by atoms with Crippen LogP contribution in [0.15, 0.2) is 24.3 Å². The van der Waals surface area contributed by atoms with Crippen molar-refractivity contribution in [2.45, 2.75) is 37.5 Å². The number of phenols is 1. The van der Waals surface area contributed by atoms with E-state index < -0.39 is 10.9 Å². The van der Waals surface area contributed by atoms with Crippen LogP contribution in [0.3, 0.4) is 0 Å². The van der Waals surface area contributed by atoms with Gasteiger partial charge in [-0.1, -0.05) is 23.9 Å². The Morgan fingerprint density at radius 1 is 1.15 bits per heavy atom. The third kappa shape index (κ3) is 3.84. The van der Waals surface area contributed by atoms with E-state index in [1.807, 2.05) is 12.1 Å². The van der Waals surface area contributed by atoms with Crippen LogP contribution in [0.4, 0.5) is 4.79 Å². The predicted octanol–water partition coefficient (Wildman–Crippen LogP) is 3.13. The number of hydrogen-bond acceptors (Lipinski definition) is 9. The third-order valence-corrected chi connectivity index (χ3v) is 6.79. The van der Waals surface area contributed by atoms with Gasteiger partial charge in [0.1, 0.15) is 18.0 Å². The van der Waals surface area contributed by atoms with E-state index in [0.717, 1.165) is 17.3 Å². The Kier molecular flexibility index (Phi) is 5.12. The van der Waals surface area contributed by atoms with Crippen molar-refractivity contribution in [3.8, 4) is 28.7 Å². The fourth-order valence-electron chi connectivity index (χ4n) is 4.12. The highest BCUT2D eigenvalue weighted by atomic mass is 32.2. The molecule has 0 saturated carbocycles. The fourth-order valence-corrected chi connectivity index (χ4v) is 4.98. The van der Waals surface area contributed by atoms with Crippen LogP contribution >= 0.6 is 11.8 Å². The van der Waals surface area contributed by atoms with Gasteiger partial charge < -0.3 is 24.1 Å². The molecule has 172 valence electrons. The monoisotopic (exact) mass is 471 g/mol. The molecule has 0 aliphatic carbocycles. The minimum Gasteiger partial charge on any atom is -0.504 e. The number of imide groups is 1. The molecule has 3 heterocycles. The number of phenolic OH excluding ortho intramolecular Hbond substituents is 1. The fraction of sp³-hybridized carbons (Fsp3) is 0.348. The van der Waals surface area contributed by atoms with E-state index in [-0.39, 0.29) is 59.7 Å². The zero-order valence-electron chi connectivity index (χ0n) is 17.9. The number of carbonyl (C=O) groups excluding carboxylic acids is 3. The zero-order valence-corrected chi connectivity index (χ0v) is 18.7. The Labute approximate surface area is 193 Å². The van der Waals surface area contributed by atoms with Crippen molar-refractivity contribution in [3.05, 3.63) is 41.0 Å². The number of ketones is 1. The second kappa shape index (κ2) is 7.87. The summed E-state index contributed by atoms with van der Waals surface area (Å²) in [5.74, 6) is 0.675. The average molecular weight is 471 g/mol. The maximum atomic E-state index is 12.9. The molecule has 2 amide bonds. The molecule has 9 nitrogen and oxygen atoms in total. The first-order valence-corrected chi connectivity index (χ1v) is 11.2. The number of fused-ring (bicyclic) bond motifs is 3. The number of carbonyl (C=O) groups is 3. The van der Waals surface area contributed by atoms with Gasteiger partial charge in [0.2, 0.25) is 24.2 Å². The molecular weight excluding hydrogens is 450 g/mol. The van der Waals surface area contributed by atoms with Crippen molar-refractivity contribution in [2.75, 3.05) is 13.4 Å². The lowest BCUT2D eigenvalue weighted by Crippen LogP contribution is -2.44. The van der Waals surface area contributed by atoms with Crippen LogP contribution in [0.1, 0.15) is 34.8 Å². The lowest BCUT2D eigenvalue weighted by atomic mass is 9.89. The molecule has 33 heavy (non-hydrogen) atoms. The number of nitrogens with one attached hydrogen (secondary N) is 1. The van der Waals surface area contributed by atoms with Crippen LogP contribution in [-0.4, -0.2) is 46.3 Å². The summed E-state index contributed by atoms with van der Waals surface area (Å²) in [7, 11) is 0. The van der Waals surface area contributed by atoms with Crippen LogP contribution in [0.25, 0.3) is 0 Å². The Hall–Kier alpha value is -3.40. The molecule has 2 N–H and O–H groups in total. The van der Waals surface area contributed by atoms with Gasteiger partial charge in [0, 0.05) is 5.56 Å². The molecule has 0 spiro atoms. The minimum atomic E-state index is -0.954. The highest BCUT2D eigenvalue weighted by molar-refractivity contribution is 8.15. The van der Waals surface area contributed by atoms with Crippen LogP contribution in [0.2, 0.25) is 0 Å². The summed E-state index contributed by atoms with van der Waals surface area (Å²) in [5, 5.41) is 11.9. The lowest BCUT2D eigenvalue weighted by Gasteiger charge is -2.35. The second-order valence-electron chi connectivity index (χ2n) is 8.41. The number of Topliss-reactive ketones (excluding diaryl/α,β-unsaturated/α-hetero) is 1. The molecule has 2 atom stereocenters. The Morgan fingerprint density at radius 3 is 2.58 bits per heavy atom. The first-order chi connectivity index (χ1) is 15.7. The van der Waals surface area contributed by atoms with E-state index in [0.29, 0.717) is 23.3 Å². The van der Waals surface area contributed by atoms with Crippen molar-refractivity contribution >= 4 is 28.7 Å². The summed E-state index contributed by atoms with van der Waals surface area (Å²) in [6.45, 7) is 3.45. The summed E-state index contributed by atoms with van der Waals surface area (Å²) in [6, 6.07) is 7.21. The predicted molar refractivity (Wildman–Crippen MR) is 118 cm³/mol. The van der Waals surface area contributed by atoms with Crippen LogP contribution < -0.4 is 24.3 Å². The quantitative estimate of drug-likeness (QED) is 0.677. The molecule has 0 aromatic heterocycles. The Morgan fingerprint density at radius 2 is 1.88 bits per heavy atom. The van der Waals surface area contributed by atoms with Crippen LogP contribution in [0.5, 0.6) is 28.7 Å². The molecule has 2 unspecified atom stereocenters. The van der Waals surface area contributed by atoms with Gasteiger partial charge in [-0.25, -0.2) is 0 Å². The summed E-state index contributed by atoms with van der Waals surface area (Å²) in [4.78, 5) is 36.0. The highest BCUT2D eigenvalue weighted by Gasteiger charge is 2.43. The highest BCUT2D eigenvalue weighted by Crippen LogP contribution is 2.54. The molecule has 1 fully saturated rings. The molecule has 0 bridgehead atoms. The number of aromatic hydroxyl groups is 1. The topological polar surface area (TPSA) is 120 Å². The van der Waals surface area contributed by atoms with Gasteiger partial charge in [-0.05, 0) is 38.0 Å². The maximum absolute atomic E-state index is 12.9. The number of thioether (sulfide) groups is 1. The Balaban J connectivity index is 1.29. The Bertz CT molecular complexity index is 1180. The van der Waals surface area contributed by atoms with Crippen molar-refractivity contribution in [1.29, 1.82) is 0 Å². The van der Waals surface area contributed by atoms with E-state index in [4.69, 9.17) is 18.9 Å². The molecule has 2 aromatic carbocycles. The second-order valence-corrected chi connectivity index (χ2v) is 9.59. The summed E-state index contributed by atoms with van der Waals surface area (Å²) < 4.78 is 22.9. The van der Waals surface area contributed by atoms with E-state index >= 15 is 0 Å². The molecule has 3 aliphatic rings. The minimum absolute atomic E-state index is 0.0644. The largest absolute Gasteiger partial charge is 0.504 e. The van der Waals surface area contributed by atoms with Gasteiger partial charge in [-0.2, -0.15) is 0 Å². The van der Waals surface area contributed by atoms with Gasteiger partial charge in [0.15, 0.2) is 17.3 Å². The van der Waals surface area contributed by atoms with Crippen LogP contribution in [-0.2, 0) is 11.2 Å². The maximum Gasteiger partial charge on any atom is 0.286 e. The smallest absolute Gasteiger partial charge is 0.286 e. The number of ether oxygens (including phenoxy) is 4. The van der Waals surface area contributed by atoms with Gasteiger partial charge >= 0.3 is 0 Å². The lowest BCUT2D eigenvalue weighted by molar-refractivity contribution is -0.118. The van der Waals surface area contributed by atoms with Crippen molar-refractivity contribution in [2.24, 2.45) is 0 Å². The SMILES string of the molecule is Cc1c(O)c2c(c3c1C(=O)CC(C)(COc1ccc(CC4SC(=O)NC4=O)cc1)O3)OCO2. The molecule has 2 aromatic rings. The van der Waals surface area contributed by atoms with Gasteiger partial charge in [-0.15, -0.1) is 0 Å². The first kappa shape index (κ1) is 21.4. The number of amides is 2. The van der Waals surface area contributed by atoms with Gasteiger partial charge in [-0.3, -0.25) is 19.7 Å². The molecule has 1 saturated heterocycles. The number of benzene rings is 2. The van der Waals surface area contributed by atoms with Gasteiger partial charge in [0.25, 0.3) is 5.24 Å². The van der Waals surface area contributed by atoms with E-state index in [1.165, 1.54) is 0 Å². The molecular formula is C23H21NO8S. The number of rotatable bonds is 5. The van der Waals surface area contributed by atoms with Crippen LogP contribution in [0, 0.1) is 6.92 Å². The molecule has 10 heteroatoms. The molecule has 5 rings (SSSR count). The van der Waals surface area contributed by atoms with E-state index in [2.05, 4.69) is 5.32 Å². The summed E-state index contributed by atoms with van der Waals surface area (Å²) >= 11 is 0.992. The standard InChI is InChI=1S/C23H21NO8S/c1-11-16-14(25)8-23(2,32-18(16)20-19(17(11)26)30-10-31-20)9-29-13-5-3-12(4-6-13)7-15-21(27)24-22(28)33-15/h3-6,15,26H,7-10H2,1-2H3,(H,24,27,28). The molecule has 3 aliphatic heterocycles. The summed E-state index contributed by atoms with van der Waals surface area (Å²) in [6.07, 6.45) is 0.508. The van der Waals surface area contributed by atoms with E-state index in [1.54, 1.807) is 26.0 Å². The first-order valence-electron chi connectivity index (χ1n) is 10.3. The van der Waals surface area contributed by atoms with Gasteiger partial charge in [0.05, 0.1) is 17.2 Å². The van der Waals surface area contributed by atoms with Crippen molar-refractivity contribution in [1.82, 2.24) is 5.32 Å². The zero-order chi connectivity index (χ0) is 23.3. The molecule has 0 radical (unpaired) electrons. The summed E-state index contributed by atoms with van der Waals surface area (Å²) in [5.41, 5.74) is 0.640. The number of hydrogen-bond donors (Lipinski definition) is 2. The van der Waals surface area contributed by atoms with Crippen molar-refractivity contribution < 1.29 is 38.4 Å². The van der Waals surface area contributed by atoms with E-state index in [9.17, 15) is 19.5 Å². The van der Waals surface area contributed by atoms with Crippen molar-refractivity contribution in [3.63, 3.8) is 0 Å². The third-order valence-electron chi connectivity index (χ3n) is 5.81.